The van der Waals surface area contributed by atoms with Crippen LogP contribution in [0, 0.1) is 17.3 Å². The molecule has 2 N–H and O–H groups in total. The van der Waals surface area contributed by atoms with Crippen molar-refractivity contribution in [3.8, 4) is 0 Å². The summed E-state index contributed by atoms with van der Waals surface area (Å²) in [5.41, 5.74) is -1.09. The van der Waals surface area contributed by atoms with Crippen molar-refractivity contribution in [2.24, 2.45) is 17.3 Å². The second kappa shape index (κ2) is 8.89. The average Bonchev–Trinajstić information content (AvgIpc) is 3.64. The van der Waals surface area contributed by atoms with Gasteiger partial charge in [-0.1, -0.05) is 31.9 Å². The van der Waals surface area contributed by atoms with Gasteiger partial charge in [0, 0.05) is 25.3 Å². The Morgan fingerprint density at radius 1 is 1.19 bits per heavy atom. The number of rotatable bonds is 3. The monoisotopic (exact) mass is 466 g/mol. The van der Waals surface area contributed by atoms with Crippen LogP contribution in [0.15, 0.2) is 12.2 Å². The normalized spacial score (nSPS) is 37.6. The topological polar surface area (TPSA) is 121 Å². The number of carbonyl (C=O) groups excluding carboxylic acids is 3. The second-order valence-corrected chi connectivity index (χ2v) is 12.1. The molecule has 5 atom stereocenters. The number of aliphatic hydroxyl groups is 1. The zero-order chi connectivity index (χ0) is 23.1. The standard InChI is InChI=1S/C23H34N2O6S/c1-15-7-5-3-2-4-6-8-16-12-23(16,22(29)24-32(30,31)18-9-10-18)13-20(27)19-11-17(26)14-25(19)21(15)28/h6,8,15-19,26H,2-5,7,9-14H2,1H3,(H,24,29)/b8-6-/t15-,16+,17+,19-,23+/m0/s1. The highest BCUT2D eigenvalue weighted by Crippen LogP contribution is 2.57. The molecule has 0 aromatic rings. The van der Waals surface area contributed by atoms with Crippen molar-refractivity contribution in [1.82, 2.24) is 9.62 Å². The van der Waals surface area contributed by atoms with Crippen molar-refractivity contribution in [1.29, 1.82) is 0 Å². The number of aliphatic hydroxyl groups excluding tert-OH is 1. The fraction of sp³-hybridized carbons (Fsp3) is 0.783. The molecule has 2 amide bonds. The van der Waals surface area contributed by atoms with Crippen LogP contribution >= 0.6 is 0 Å². The Balaban J connectivity index is 1.58. The van der Waals surface area contributed by atoms with E-state index in [-0.39, 0.29) is 42.9 Å². The third-order valence-corrected chi connectivity index (χ3v) is 9.32. The molecule has 9 heteroatoms. The summed E-state index contributed by atoms with van der Waals surface area (Å²) in [6, 6.07) is -0.764. The number of sulfonamides is 1. The molecule has 0 bridgehead atoms. The van der Waals surface area contributed by atoms with Gasteiger partial charge in [0.1, 0.15) is 0 Å². The van der Waals surface area contributed by atoms with Crippen LogP contribution in [0.2, 0.25) is 0 Å². The van der Waals surface area contributed by atoms with Gasteiger partial charge in [-0.15, -0.1) is 0 Å². The van der Waals surface area contributed by atoms with Gasteiger partial charge < -0.3 is 10.0 Å². The van der Waals surface area contributed by atoms with E-state index in [9.17, 15) is 27.9 Å². The van der Waals surface area contributed by atoms with E-state index in [1.165, 1.54) is 4.90 Å². The molecule has 1 saturated heterocycles. The summed E-state index contributed by atoms with van der Waals surface area (Å²) in [4.78, 5) is 41.0. The van der Waals surface area contributed by atoms with Gasteiger partial charge in [-0.25, -0.2) is 8.42 Å². The van der Waals surface area contributed by atoms with E-state index in [0.717, 1.165) is 32.1 Å². The van der Waals surface area contributed by atoms with E-state index in [1.807, 2.05) is 19.1 Å². The molecule has 3 fully saturated rings. The molecule has 2 aliphatic carbocycles. The van der Waals surface area contributed by atoms with Crippen LogP contribution in [0.25, 0.3) is 0 Å². The Morgan fingerprint density at radius 2 is 1.94 bits per heavy atom. The van der Waals surface area contributed by atoms with Crippen molar-refractivity contribution in [2.45, 2.75) is 88.5 Å². The van der Waals surface area contributed by atoms with Gasteiger partial charge in [0.05, 0.1) is 22.8 Å². The molecule has 0 spiro atoms. The summed E-state index contributed by atoms with van der Waals surface area (Å²) in [6.07, 6.45) is 9.24. The summed E-state index contributed by atoms with van der Waals surface area (Å²) in [5, 5.41) is 9.68. The maximum atomic E-state index is 13.3. The number of nitrogens with one attached hydrogen (secondary N) is 1. The molecule has 4 aliphatic rings. The first-order valence-electron chi connectivity index (χ1n) is 11.9. The van der Waals surface area contributed by atoms with Crippen molar-refractivity contribution in [3.05, 3.63) is 12.2 Å². The number of hydrogen-bond donors (Lipinski definition) is 2. The molecular formula is C23H34N2O6S. The lowest BCUT2D eigenvalue weighted by molar-refractivity contribution is -0.141. The lowest BCUT2D eigenvalue weighted by Crippen LogP contribution is -2.46. The summed E-state index contributed by atoms with van der Waals surface area (Å²) in [5.74, 6) is -1.44. The van der Waals surface area contributed by atoms with Gasteiger partial charge >= 0.3 is 0 Å². The van der Waals surface area contributed by atoms with E-state index < -0.39 is 38.7 Å². The zero-order valence-corrected chi connectivity index (χ0v) is 19.5. The molecule has 4 rings (SSSR count). The largest absolute Gasteiger partial charge is 0.391 e. The predicted octanol–water partition coefficient (Wildman–Crippen LogP) is 1.68. The minimum atomic E-state index is -3.71. The van der Waals surface area contributed by atoms with Gasteiger partial charge in [0.25, 0.3) is 0 Å². The summed E-state index contributed by atoms with van der Waals surface area (Å²) < 4.78 is 27.0. The van der Waals surface area contributed by atoms with Crippen molar-refractivity contribution in [3.63, 3.8) is 0 Å². The van der Waals surface area contributed by atoms with Gasteiger partial charge in [-0.3, -0.25) is 19.1 Å². The molecule has 0 radical (unpaired) electrons. The van der Waals surface area contributed by atoms with E-state index in [2.05, 4.69) is 4.72 Å². The molecule has 8 nitrogen and oxygen atoms in total. The van der Waals surface area contributed by atoms with E-state index >= 15 is 0 Å². The zero-order valence-electron chi connectivity index (χ0n) is 18.7. The highest BCUT2D eigenvalue weighted by molar-refractivity contribution is 7.90. The molecule has 32 heavy (non-hydrogen) atoms. The Labute approximate surface area is 189 Å². The molecular weight excluding hydrogens is 432 g/mol. The average molecular weight is 467 g/mol. The van der Waals surface area contributed by atoms with Gasteiger partial charge in [-0.05, 0) is 44.4 Å². The third-order valence-electron chi connectivity index (χ3n) is 7.51. The summed E-state index contributed by atoms with van der Waals surface area (Å²) >= 11 is 0. The third kappa shape index (κ3) is 4.78. The first-order chi connectivity index (χ1) is 15.1. The fourth-order valence-corrected chi connectivity index (χ4v) is 6.56. The minimum Gasteiger partial charge on any atom is -0.391 e. The maximum Gasteiger partial charge on any atom is 0.240 e. The van der Waals surface area contributed by atoms with E-state index in [0.29, 0.717) is 19.3 Å². The summed E-state index contributed by atoms with van der Waals surface area (Å²) in [6.45, 7) is 1.99. The molecule has 178 valence electrons. The molecule has 2 heterocycles. The second-order valence-electron chi connectivity index (χ2n) is 10.1. The lowest BCUT2D eigenvalue weighted by atomic mass is 9.91. The first-order valence-corrected chi connectivity index (χ1v) is 13.4. The Bertz CT molecular complexity index is 911. The van der Waals surface area contributed by atoms with Crippen LogP contribution < -0.4 is 4.72 Å². The number of nitrogens with zero attached hydrogens (tertiary/aromatic N) is 1. The highest BCUT2D eigenvalue weighted by atomic mass is 32.2. The SMILES string of the molecule is C[C@H]1CCCCC/C=C\[C@@H]2C[C@@]2(C(=O)NS(=O)(=O)C2CC2)CC(=O)[C@@H]2C[C@@H](O)CN2C1=O. The number of carbonyl (C=O) groups is 3. The van der Waals surface area contributed by atoms with Crippen molar-refractivity contribution in [2.75, 3.05) is 6.54 Å². The first kappa shape index (κ1) is 23.4. The van der Waals surface area contributed by atoms with Gasteiger partial charge in [0.2, 0.25) is 21.8 Å². The van der Waals surface area contributed by atoms with Crippen LogP contribution in [0.5, 0.6) is 0 Å². The van der Waals surface area contributed by atoms with Crippen molar-refractivity contribution < 1.29 is 27.9 Å². The maximum absolute atomic E-state index is 13.3. The van der Waals surface area contributed by atoms with Crippen LogP contribution in [0.3, 0.4) is 0 Å². The molecule has 0 unspecified atom stereocenters. The molecule has 0 aromatic heterocycles. The Morgan fingerprint density at radius 3 is 2.66 bits per heavy atom. The van der Waals surface area contributed by atoms with Gasteiger partial charge in [0.15, 0.2) is 5.78 Å². The lowest BCUT2D eigenvalue weighted by Gasteiger charge is -2.27. The number of fused-ring (bicyclic) bond motifs is 2. The molecule has 0 aromatic carbocycles. The number of ketones is 1. The van der Waals surface area contributed by atoms with Crippen molar-refractivity contribution >= 4 is 27.6 Å². The van der Waals surface area contributed by atoms with Crippen LogP contribution in [-0.2, 0) is 24.4 Å². The number of Topliss-reactive ketones (excluding diaryl/α,β-unsaturated/α-hetero) is 1. The van der Waals surface area contributed by atoms with Crippen LogP contribution in [0.1, 0.15) is 71.1 Å². The molecule has 2 saturated carbocycles. The van der Waals surface area contributed by atoms with E-state index in [1.54, 1.807) is 0 Å². The number of hydrogen-bond acceptors (Lipinski definition) is 6. The number of allylic oxidation sites excluding steroid dienone is 2. The molecule has 2 aliphatic heterocycles. The fourth-order valence-electron chi connectivity index (χ4n) is 5.17. The number of amides is 2. The quantitative estimate of drug-likeness (QED) is 0.611. The predicted molar refractivity (Wildman–Crippen MR) is 118 cm³/mol. The Hall–Kier alpha value is -1.74. The summed E-state index contributed by atoms with van der Waals surface area (Å²) in [7, 11) is -3.71. The van der Waals surface area contributed by atoms with Crippen LogP contribution in [0.4, 0.5) is 0 Å². The minimum absolute atomic E-state index is 0.121. The van der Waals surface area contributed by atoms with Crippen LogP contribution in [-0.4, -0.2) is 60.0 Å². The Kier molecular flexibility index (Phi) is 6.51. The smallest absolute Gasteiger partial charge is 0.240 e. The van der Waals surface area contributed by atoms with Gasteiger partial charge in [-0.2, -0.15) is 0 Å². The van der Waals surface area contributed by atoms with E-state index in [4.69, 9.17) is 0 Å². The highest BCUT2D eigenvalue weighted by Gasteiger charge is 2.61.